The lowest BCUT2D eigenvalue weighted by Crippen LogP contribution is -2.41. The summed E-state index contributed by atoms with van der Waals surface area (Å²) in [7, 11) is 1.72. The number of carbonyl (C=O) groups excluding carboxylic acids is 1. The molecular weight excluding hydrogens is 278 g/mol. The van der Waals surface area contributed by atoms with E-state index in [9.17, 15) is 9.90 Å². The molecule has 4 nitrogen and oxygen atoms in total. The molecule has 1 unspecified atom stereocenters. The SMILES string of the molecule is CN(C(=O)OCc1ccccc1)C(CO)CC1CCCCC1. The van der Waals surface area contributed by atoms with E-state index >= 15 is 0 Å². The zero-order valence-corrected chi connectivity index (χ0v) is 13.4. The van der Waals surface area contributed by atoms with Gasteiger partial charge in [0.25, 0.3) is 0 Å². The predicted molar refractivity (Wildman–Crippen MR) is 86.5 cm³/mol. The van der Waals surface area contributed by atoms with Gasteiger partial charge in [-0.15, -0.1) is 0 Å². The molecular formula is C18H27NO3. The number of aliphatic hydroxyl groups is 1. The molecule has 0 spiro atoms. The molecule has 1 aromatic rings. The summed E-state index contributed by atoms with van der Waals surface area (Å²) in [4.78, 5) is 13.7. The van der Waals surface area contributed by atoms with Gasteiger partial charge in [-0.2, -0.15) is 0 Å². The van der Waals surface area contributed by atoms with Crippen LogP contribution >= 0.6 is 0 Å². The molecule has 0 radical (unpaired) electrons. The van der Waals surface area contributed by atoms with Crippen molar-refractivity contribution in [1.82, 2.24) is 4.90 Å². The molecule has 2 rings (SSSR count). The predicted octanol–water partition coefficient (Wildman–Crippen LogP) is 3.59. The number of hydrogen-bond donors (Lipinski definition) is 1. The van der Waals surface area contributed by atoms with E-state index in [2.05, 4.69) is 0 Å². The molecule has 4 heteroatoms. The first-order chi connectivity index (χ1) is 10.7. The molecule has 0 bridgehead atoms. The number of ether oxygens (including phenoxy) is 1. The zero-order chi connectivity index (χ0) is 15.8. The molecule has 1 aromatic carbocycles. The fraction of sp³-hybridized carbons (Fsp3) is 0.611. The van der Waals surface area contributed by atoms with Crippen LogP contribution in [0.3, 0.4) is 0 Å². The molecule has 22 heavy (non-hydrogen) atoms. The summed E-state index contributed by atoms with van der Waals surface area (Å²) in [6, 6.07) is 9.49. The molecule has 122 valence electrons. The van der Waals surface area contributed by atoms with Crippen LogP contribution in [0.1, 0.15) is 44.1 Å². The van der Waals surface area contributed by atoms with Crippen LogP contribution < -0.4 is 0 Å². The van der Waals surface area contributed by atoms with E-state index < -0.39 is 0 Å². The van der Waals surface area contributed by atoms with E-state index in [1.165, 1.54) is 32.1 Å². The standard InChI is InChI=1S/C18H27NO3/c1-19(17(13-20)12-15-8-4-2-5-9-15)18(21)22-14-16-10-6-3-7-11-16/h3,6-7,10-11,15,17,20H,2,4-5,8-9,12-14H2,1H3. The Kier molecular flexibility index (Phi) is 6.72. The number of rotatable bonds is 6. The quantitative estimate of drug-likeness (QED) is 0.874. The minimum atomic E-state index is -0.362. The largest absolute Gasteiger partial charge is 0.445 e. The molecule has 1 aliphatic carbocycles. The van der Waals surface area contributed by atoms with Gasteiger partial charge in [0, 0.05) is 7.05 Å². The molecule has 0 saturated heterocycles. The summed E-state index contributed by atoms with van der Waals surface area (Å²) in [5.41, 5.74) is 0.970. The van der Waals surface area contributed by atoms with E-state index in [4.69, 9.17) is 4.74 Å². The Hall–Kier alpha value is -1.55. The Morgan fingerprint density at radius 3 is 2.59 bits per heavy atom. The van der Waals surface area contributed by atoms with Crippen LogP contribution in [0.4, 0.5) is 4.79 Å². The van der Waals surface area contributed by atoms with E-state index in [-0.39, 0.29) is 25.3 Å². The van der Waals surface area contributed by atoms with Crippen molar-refractivity contribution in [1.29, 1.82) is 0 Å². The number of hydrogen-bond acceptors (Lipinski definition) is 3. The molecule has 0 aliphatic heterocycles. The minimum Gasteiger partial charge on any atom is -0.445 e. The third-order valence-corrected chi connectivity index (χ3v) is 4.58. The van der Waals surface area contributed by atoms with Crippen molar-refractivity contribution in [3.8, 4) is 0 Å². The van der Waals surface area contributed by atoms with Gasteiger partial charge in [0.1, 0.15) is 6.61 Å². The van der Waals surface area contributed by atoms with Crippen LogP contribution in [0.2, 0.25) is 0 Å². The van der Waals surface area contributed by atoms with Crippen LogP contribution in [0.25, 0.3) is 0 Å². The van der Waals surface area contributed by atoms with Crippen molar-refractivity contribution in [2.75, 3.05) is 13.7 Å². The Morgan fingerprint density at radius 2 is 1.95 bits per heavy atom. The fourth-order valence-corrected chi connectivity index (χ4v) is 3.13. The number of amides is 1. The van der Waals surface area contributed by atoms with Gasteiger partial charge in [-0.1, -0.05) is 62.4 Å². The Morgan fingerprint density at radius 1 is 1.27 bits per heavy atom. The number of aliphatic hydroxyl groups excluding tert-OH is 1. The topological polar surface area (TPSA) is 49.8 Å². The van der Waals surface area contributed by atoms with Crippen LogP contribution in [0.5, 0.6) is 0 Å². The second-order valence-corrected chi connectivity index (χ2v) is 6.23. The van der Waals surface area contributed by atoms with Gasteiger partial charge < -0.3 is 14.7 Å². The summed E-state index contributed by atoms with van der Waals surface area (Å²) in [5, 5.41) is 9.61. The van der Waals surface area contributed by atoms with Crippen molar-refractivity contribution in [2.45, 2.75) is 51.2 Å². The van der Waals surface area contributed by atoms with Crippen molar-refractivity contribution in [2.24, 2.45) is 5.92 Å². The highest BCUT2D eigenvalue weighted by Gasteiger charge is 2.25. The van der Waals surface area contributed by atoms with Gasteiger partial charge in [0.15, 0.2) is 0 Å². The van der Waals surface area contributed by atoms with E-state index in [0.29, 0.717) is 5.92 Å². The highest BCUT2D eigenvalue weighted by atomic mass is 16.6. The first-order valence-corrected chi connectivity index (χ1v) is 8.25. The monoisotopic (exact) mass is 305 g/mol. The molecule has 1 atom stereocenters. The van der Waals surface area contributed by atoms with E-state index in [1.807, 2.05) is 30.3 Å². The maximum Gasteiger partial charge on any atom is 0.410 e. The molecule has 1 aliphatic rings. The molecule has 0 aromatic heterocycles. The first-order valence-electron chi connectivity index (χ1n) is 8.25. The summed E-state index contributed by atoms with van der Waals surface area (Å²) in [6.07, 6.45) is 6.78. The first kappa shape index (κ1) is 16.8. The normalized spacial score (nSPS) is 17.0. The number of likely N-dealkylation sites (N-methyl/N-ethyl adjacent to an activating group) is 1. The molecule has 1 amide bonds. The number of benzene rings is 1. The van der Waals surface area contributed by atoms with Gasteiger partial charge >= 0.3 is 6.09 Å². The Bertz CT molecular complexity index is 443. The average molecular weight is 305 g/mol. The van der Waals surface area contributed by atoms with Crippen LogP contribution in [0.15, 0.2) is 30.3 Å². The highest BCUT2D eigenvalue weighted by Crippen LogP contribution is 2.28. The van der Waals surface area contributed by atoms with Crippen molar-refractivity contribution in [3.63, 3.8) is 0 Å². The lowest BCUT2D eigenvalue weighted by molar-refractivity contribution is 0.0668. The van der Waals surface area contributed by atoms with Gasteiger partial charge in [0.2, 0.25) is 0 Å². The van der Waals surface area contributed by atoms with Crippen molar-refractivity contribution >= 4 is 6.09 Å². The van der Waals surface area contributed by atoms with Crippen LogP contribution in [-0.2, 0) is 11.3 Å². The van der Waals surface area contributed by atoms with Crippen LogP contribution in [-0.4, -0.2) is 35.8 Å². The van der Waals surface area contributed by atoms with Crippen LogP contribution in [0, 0.1) is 5.92 Å². The van der Waals surface area contributed by atoms with Gasteiger partial charge in [-0.3, -0.25) is 0 Å². The van der Waals surface area contributed by atoms with Crippen molar-refractivity contribution in [3.05, 3.63) is 35.9 Å². The van der Waals surface area contributed by atoms with Gasteiger partial charge in [-0.05, 0) is 17.9 Å². The molecule has 1 fully saturated rings. The third kappa shape index (κ3) is 5.02. The van der Waals surface area contributed by atoms with E-state index in [0.717, 1.165) is 12.0 Å². The summed E-state index contributed by atoms with van der Waals surface area (Å²) in [6.45, 7) is 0.263. The smallest absolute Gasteiger partial charge is 0.410 e. The lowest BCUT2D eigenvalue weighted by Gasteiger charge is -2.31. The zero-order valence-electron chi connectivity index (χ0n) is 13.4. The van der Waals surface area contributed by atoms with Gasteiger partial charge in [0.05, 0.1) is 12.6 Å². The molecule has 0 heterocycles. The highest BCUT2D eigenvalue weighted by molar-refractivity contribution is 5.67. The third-order valence-electron chi connectivity index (χ3n) is 4.58. The Labute approximate surface area is 133 Å². The maximum atomic E-state index is 12.2. The second kappa shape index (κ2) is 8.79. The van der Waals surface area contributed by atoms with Crippen molar-refractivity contribution < 1.29 is 14.6 Å². The number of nitrogens with zero attached hydrogens (tertiary/aromatic N) is 1. The van der Waals surface area contributed by atoms with Gasteiger partial charge in [-0.25, -0.2) is 4.79 Å². The minimum absolute atomic E-state index is 0.00651. The maximum absolute atomic E-state index is 12.2. The average Bonchev–Trinajstić information content (AvgIpc) is 2.58. The summed E-state index contributed by atoms with van der Waals surface area (Å²) < 4.78 is 5.34. The second-order valence-electron chi connectivity index (χ2n) is 6.23. The van der Waals surface area contributed by atoms with E-state index in [1.54, 1.807) is 11.9 Å². The Balaban J connectivity index is 1.81. The lowest BCUT2D eigenvalue weighted by atomic mass is 9.85. The summed E-state index contributed by atoms with van der Waals surface area (Å²) >= 11 is 0. The molecule has 1 N–H and O–H groups in total. The summed E-state index contributed by atoms with van der Waals surface area (Å²) in [5.74, 6) is 0.621. The fourth-order valence-electron chi connectivity index (χ4n) is 3.13. The number of carbonyl (C=O) groups is 1. The molecule has 1 saturated carbocycles.